The SMILES string of the molecule is COc1ccc(CNCCCCO)c(OC)c1. The largest absolute Gasteiger partial charge is 0.497 e. The van der Waals surface area contributed by atoms with E-state index in [0.29, 0.717) is 0 Å². The Morgan fingerprint density at radius 2 is 2.00 bits per heavy atom. The summed E-state index contributed by atoms with van der Waals surface area (Å²) in [5.41, 5.74) is 1.11. The lowest BCUT2D eigenvalue weighted by molar-refractivity contribution is 0.283. The zero-order chi connectivity index (χ0) is 12.5. The summed E-state index contributed by atoms with van der Waals surface area (Å²) in [6, 6.07) is 5.80. The molecule has 0 fully saturated rings. The van der Waals surface area contributed by atoms with Gasteiger partial charge in [-0.05, 0) is 25.5 Å². The summed E-state index contributed by atoms with van der Waals surface area (Å²) >= 11 is 0. The highest BCUT2D eigenvalue weighted by molar-refractivity contribution is 5.40. The molecule has 0 aromatic heterocycles. The fourth-order valence-electron chi connectivity index (χ4n) is 1.58. The van der Waals surface area contributed by atoms with Gasteiger partial charge in [0.1, 0.15) is 11.5 Å². The first-order valence-electron chi connectivity index (χ1n) is 5.84. The third-order valence-electron chi connectivity index (χ3n) is 2.57. The molecule has 0 aliphatic heterocycles. The number of rotatable bonds is 8. The van der Waals surface area contributed by atoms with Crippen LogP contribution in [-0.4, -0.2) is 32.5 Å². The van der Waals surface area contributed by atoms with E-state index >= 15 is 0 Å². The molecule has 0 spiro atoms. The summed E-state index contributed by atoms with van der Waals surface area (Å²) in [4.78, 5) is 0. The van der Waals surface area contributed by atoms with Crippen molar-refractivity contribution >= 4 is 0 Å². The van der Waals surface area contributed by atoms with Crippen molar-refractivity contribution in [2.75, 3.05) is 27.4 Å². The number of hydrogen-bond acceptors (Lipinski definition) is 4. The average molecular weight is 239 g/mol. The summed E-state index contributed by atoms with van der Waals surface area (Å²) in [6.07, 6.45) is 1.82. The minimum Gasteiger partial charge on any atom is -0.497 e. The highest BCUT2D eigenvalue weighted by Crippen LogP contribution is 2.24. The van der Waals surface area contributed by atoms with Gasteiger partial charge in [-0.3, -0.25) is 0 Å². The van der Waals surface area contributed by atoms with Crippen LogP contribution >= 0.6 is 0 Å². The van der Waals surface area contributed by atoms with Gasteiger partial charge in [-0.25, -0.2) is 0 Å². The van der Waals surface area contributed by atoms with Gasteiger partial charge in [-0.1, -0.05) is 6.07 Å². The Hall–Kier alpha value is -1.26. The van der Waals surface area contributed by atoms with Crippen LogP contribution in [0.5, 0.6) is 11.5 Å². The third kappa shape index (κ3) is 4.63. The number of nitrogens with one attached hydrogen (secondary N) is 1. The molecular formula is C13H21NO3. The van der Waals surface area contributed by atoms with Crippen LogP contribution in [0.1, 0.15) is 18.4 Å². The van der Waals surface area contributed by atoms with Gasteiger partial charge in [0.15, 0.2) is 0 Å². The monoisotopic (exact) mass is 239 g/mol. The van der Waals surface area contributed by atoms with Crippen molar-refractivity contribution in [3.63, 3.8) is 0 Å². The van der Waals surface area contributed by atoms with Crippen LogP contribution < -0.4 is 14.8 Å². The molecule has 0 saturated heterocycles. The van der Waals surface area contributed by atoms with Crippen LogP contribution in [0.4, 0.5) is 0 Å². The second-order valence-electron chi connectivity index (χ2n) is 3.79. The van der Waals surface area contributed by atoms with Crippen molar-refractivity contribution in [3.8, 4) is 11.5 Å². The predicted octanol–water partition coefficient (Wildman–Crippen LogP) is 1.57. The molecule has 0 atom stereocenters. The molecule has 1 rings (SSSR count). The van der Waals surface area contributed by atoms with Gasteiger partial charge in [0.05, 0.1) is 14.2 Å². The molecule has 2 N–H and O–H groups in total. The molecule has 0 saturated carbocycles. The highest BCUT2D eigenvalue weighted by Gasteiger charge is 2.04. The van der Waals surface area contributed by atoms with Gasteiger partial charge in [-0.2, -0.15) is 0 Å². The van der Waals surface area contributed by atoms with E-state index in [9.17, 15) is 0 Å². The summed E-state index contributed by atoms with van der Waals surface area (Å²) < 4.78 is 10.4. The minimum absolute atomic E-state index is 0.257. The van der Waals surface area contributed by atoms with E-state index in [1.165, 1.54) is 0 Å². The zero-order valence-electron chi connectivity index (χ0n) is 10.5. The summed E-state index contributed by atoms with van der Waals surface area (Å²) in [6.45, 7) is 1.92. The van der Waals surface area contributed by atoms with E-state index < -0.39 is 0 Å². The Morgan fingerprint density at radius 1 is 1.18 bits per heavy atom. The molecule has 4 nitrogen and oxygen atoms in total. The number of aliphatic hydroxyl groups is 1. The Morgan fingerprint density at radius 3 is 2.65 bits per heavy atom. The fourth-order valence-corrected chi connectivity index (χ4v) is 1.58. The molecule has 0 radical (unpaired) electrons. The van der Waals surface area contributed by atoms with Crippen LogP contribution in [0, 0.1) is 0 Å². The van der Waals surface area contributed by atoms with Crippen molar-refractivity contribution in [2.24, 2.45) is 0 Å². The molecular weight excluding hydrogens is 218 g/mol. The van der Waals surface area contributed by atoms with Crippen molar-refractivity contribution in [1.29, 1.82) is 0 Å². The molecule has 0 bridgehead atoms. The first-order chi connectivity index (χ1) is 8.31. The van der Waals surface area contributed by atoms with E-state index in [2.05, 4.69) is 5.32 Å². The first-order valence-corrected chi connectivity index (χ1v) is 5.84. The van der Waals surface area contributed by atoms with E-state index in [1.807, 2.05) is 18.2 Å². The maximum absolute atomic E-state index is 8.66. The lowest BCUT2D eigenvalue weighted by Gasteiger charge is -2.11. The molecule has 1 aromatic carbocycles. The molecule has 0 amide bonds. The van der Waals surface area contributed by atoms with E-state index in [0.717, 1.165) is 43.0 Å². The standard InChI is InChI=1S/C13H21NO3/c1-16-12-6-5-11(13(9-12)17-2)10-14-7-3-4-8-15/h5-6,9,14-15H,3-4,7-8,10H2,1-2H3. The predicted molar refractivity (Wildman–Crippen MR) is 67.6 cm³/mol. The van der Waals surface area contributed by atoms with Gasteiger partial charge < -0.3 is 19.9 Å². The second-order valence-corrected chi connectivity index (χ2v) is 3.79. The first kappa shape index (κ1) is 13.8. The lowest BCUT2D eigenvalue weighted by Crippen LogP contribution is -2.15. The fraction of sp³-hybridized carbons (Fsp3) is 0.538. The molecule has 0 heterocycles. The molecule has 0 aliphatic carbocycles. The van der Waals surface area contributed by atoms with Crippen molar-refractivity contribution in [1.82, 2.24) is 5.32 Å². The summed E-state index contributed by atoms with van der Waals surface area (Å²) in [7, 11) is 3.30. The molecule has 17 heavy (non-hydrogen) atoms. The smallest absolute Gasteiger partial charge is 0.127 e. The van der Waals surface area contributed by atoms with Crippen LogP contribution in [-0.2, 0) is 6.54 Å². The zero-order valence-corrected chi connectivity index (χ0v) is 10.5. The van der Waals surface area contributed by atoms with Crippen molar-refractivity contribution in [2.45, 2.75) is 19.4 Å². The average Bonchev–Trinajstić information content (AvgIpc) is 2.38. The van der Waals surface area contributed by atoms with Crippen LogP contribution in [0.15, 0.2) is 18.2 Å². The normalized spacial score (nSPS) is 10.3. The van der Waals surface area contributed by atoms with Gasteiger partial charge in [0, 0.05) is 24.8 Å². The Kier molecular flexibility index (Phi) is 6.43. The summed E-state index contributed by atoms with van der Waals surface area (Å²) in [5, 5.41) is 12.0. The second kappa shape index (κ2) is 7.92. The molecule has 96 valence electrons. The van der Waals surface area contributed by atoms with E-state index in [4.69, 9.17) is 14.6 Å². The Balaban J connectivity index is 2.46. The third-order valence-corrected chi connectivity index (χ3v) is 2.57. The van der Waals surface area contributed by atoms with Gasteiger partial charge in [0.2, 0.25) is 0 Å². The molecule has 0 aliphatic rings. The minimum atomic E-state index is 0.257. The topological polar surface area (TPSA) is 50.7 Å². The number of methoxy groups -OCH3 is 2. The molecule has 0 unspecified atom stereocenters. The number of benzene rings is 1. The van der Waals surface area contributed by atoms with Gasteiger partial charge in [-0.15, -0.1) is 0 Å². The van der Waals surface area contributed by atoms with Gasteiger partial charge in [0.25, 0.3) is 0 Å². The number of hydrogen-bond donors (Lipinski definition) is 2. The summed E-state index contributed by atoms with van der Waals surface area (Å²) in [5.74, 6) is 1.63. The number of ether oxygens (including phenoxy) is 2. The lowest BCUT2D eigenvalue weighted by atomic mass is 10.2. The van der Waals surface area contributed by atoms with Crippen molar-refractivity contribution in [3.05, 3.63) is 23.8 Å². The van der Waals surface area contributed by atoms with Crippen LogP contribution in [0.25, 0.3) is 0 Å². The van der Waals surface area contributed by atoms with Crippen LogP contribution in [0.3, 0.4) is 0 Å². The quantitative estimate of drug-likeness (QED) is 0.676. The highest BCUT2D eigenvalue weighted by atomic mass is 16.5. The Labute approximate surface area is 103 Å². The Bertz CT molecular complexity index is 328. The van der Waals surface area contributed by atoms with E-state index in [-0.39, 0.29) is 6.61 Å². The number of aliphatic hydroxyl groups excluding tert-OH is 1. The molecule has 4 heteroatoms. The van der Waals surface area contributed by atoms with Gasteiger partial charge >= 0.3 is 0 Å². The van der Waals surface area contributed by atoms with Crippen LogP contribution in [0.2, 0.25) is 0 Å². The molecule has 1 aromatic rings. The number of unbranched alkanes of at least 4 members (excludes halogenated alkanes) is 1. The maximum atomic E-state index is 8.66. The van der Waals surface area contributed by atoms with E-state index in [1.54, 1.807) is 14.2 Å². The van der Waals surface area contributed by atoms with Crippen molar-refractivity contribution < 1.29 is 14.6 Å². The maximum Gasteiger partial charge on any atom is 0.127 e.